The minimum absolute atomic E-state index is 0.439. The standard InChI is InChI=1S/C21H30N2O/c1-14(2)6-5-7-15(3)12-20-21-17(10-11-22-20)18-13-16(24-4)8-9-19(18)23-21/h6,8-9,13,15,20,22-23H,5,7,10-12H2,1-4H3/t15-,20-/m1/s1. The van der Waals surface area contributed by atoms with Crippen LogP contribution in [-0.4, -0.2) is 18.6 Å². The van der Waals surface area contributed by atoms with Crippen molar-refractivity contribution < 1.29 is 4.74 Å². The molecule has 0 radical (unpaired) electrons. The number of rotatable bonds is 6. The molecule has 2 aromatic rings. The average Bonchev–Trinajstić information content (AvgIpc) is 2.93. The maximum Gasteiger partial charge on any atom is 0.119 e. The van der Waals surface area contributed by atoms with Crippen LogP contribution in [-0.2, 0) is 6.42 Å². The molecule has 1 aliphatic rings. The molecule has 0 amide bonds. The van der Waals surface area contributed by atoms with Gasteiger partial charge in [-0.3, -0.25) is 0 Å². The van der Waals surface area contributed by atoms with Gasteiger partial charge in [0.15, 0.2) is 0 Å². The molecular weight excluding hydrogens is 296 g/mol. The molecule has 0 spiro atoms. The number of allylic oxidation sites excluding steroid dienone is 2. The van der Waals surface area contributed by atoms with Crippen LogP contribution >= 0.6 is 0 Å². The van der Waals surface area contributed by atoms with Crippen LogP contribution in [0.4, 0.5) is 0 Å². The number of ether oxygens (including phenoxy) is 1. The fourth-order valence-corrected chi connectivity index (χ4v) is 3.79. The lowest BCUT2D eigenvalue weighted by Crippen LogP contribution is -2.30. The molecular formula is C21H30N2O. The van der Waals surface area contributed by atoms with Gasteiger partial charge in [-0.2, -0.15) is 0 Å². The van der Waals surface area contributed by atoms with E-state index in [0.717, 1.165) is 18.7 Å². The predicted octanol–water partition coefficient (Wildman–Crippen LogP) is 5.14. The Hall–Kier alpha value is -1.74. The minimum atomic E-state index is 0.439. The van der Waals surface area contributed by atoms with E-state index in [2.05, 4.69) is 49.3 Å². The number of fused-ring (bicyclic) bond motifs is 3. The molecule has 2 N–H and O–H groups in total. The Kier molecular flexibility index (Phi) is 5.30. The monoisotopic (exact) mass is 326 g/mol. The fourth-order valence-electron chi connectivity index (χ4n) is 3.79. The van der Waals surface area contributed by atoms with Gasteiger partial charge in [-0.05, 0) is 75.8 Å². The number of hydrogen-bond acceptors (Lipinski definition) is 2. The first kappa shape index (κ1) is 17.1. The molecule has 3 heteroatoms. The third-order valence-electron chi connectivity index (χ3n) is 5.11. The van der Waals surface area contributed by atoms with Crippen molar-refractivity contribution in [2.24, 2.45) is 5.92 Å². The van der Waals surface area contributed by atoms with Crippen LogP contribution in [0.25, 0.3) is 10.9 Å². The predicted molar refractivity (Wildman–Crippen MR) is 102 cm³/mol. The second-order valence-electron chi connectivity index (χ2n) is 7.39. The summed E-state index contributed by atoms with van der Waals surface area (Å²) in [4.78, 5) is 3.67. The van der Waals surface area contributed by atoms with E-state index in [0.29, 0.717) is 12.0 Å². The van der Waals surface area contributed by atoms with Gasteiger partial charge in [-0.15, -0.1) is 0 Å². The van der Waals surface area contributed by atoms with Crippen molar-refractivity contribution in [3.63, 3.8) is 0 Å². The molecule has 0 saturated heterocycles. The van der Waals surface area contributed by atoms with Crippen molar-refractivity contribution in [2.75, 3.05) is 13.7 Å². The van der Waals surface area contributed by atoms with Crippen LogP contribution in [0.2, 0.25) is 0 Å². The summed E-state index contributed by atoms with van der Waals surface area (Å²) >= 11 is 0. The third-order valence-corrected chi connectivity index (χ3v) is 5.11. The van der Waals surface area contributed by atoms with Crippen LogP contribution < -0.4 is 10.1 Å². The van der Waals surface area contributed by atoms with Crippen molar-refractivity contribution in [3.8, 4) is 5.75 Å². The van der Waals surface area contributed by atoms with Crippen molar-refractivity contribution in [3.05, 3.63) is 41.1 Å². The molecule has 0 aliphatic carbocycles. The number of nitrogens with one attached hydrogen (secondary N) is 2. The zero-order chi connectivity index (χ0) is 17.1. The van der Waals surface area contributed by atoms with E-state index in [1.807, 2.05) is 6.07 Å². The van der Waals surface area contributed by atoms with Crippen LogP contribution in [0.15, 0.2) is 29.8 Å². The SMILES string of the molecule is COc1ccc2[nH]c3c(c2c1)CCN[C@@H]3C[C@H](C)CCC=C(C)C. The summed E-state index contributed by atoms with van der Waals surface area (Å²) in [5.74, 6) is 1.65. The van der Waals surface area contributed by atoms with Gasteiger partial charge in [0.25, 0.3) is 0 Å². The van der Waals surface area contributed by atoms with Crippen LogP contribution in [0, 0.1) is 5.92 Å². The van der Waals surface area contributed by atoms with Gasteiger partial charge in [0.05, 0.1) is 7.11 Å². The van der Waals surface area contributed by atoms with Gasteiger partial charge in [-0.25, -0.2) is 0 Å². The van der Waals surface area contributed by atoms with E-state index in [-0.39, 0.29) is 0 Å². The quantitative estimate of drug-likeness (QED) is 0.722. The first-order valence-electron chi connectivity index (χ1n) is 9.13. The molecule has 3 nitrogen and oxygen atoms in total. The Morgan fingerprint density at radius 3 is 2.96 bits per heavy atom. The van der Waals surface area contributed by atoms with Gasteiger partial charge in [-0.1, -0.05) is 18.6 Å². The Labute approximate surface area is 145 Å². The highest BCUT2D eigenvalue weighted by Crippen LogP contribution is 2.35. The first-order valence-corrected chi connectivity index (χ1v) is 9.13. The molecule has 3 rings (SSSR count). The Morgan fingerprint density at radius 1 is 1.38 bits per heavy atom. The molecule has 1 aromatic heterocycles. The van der Waals surface area contributed by atoms with Crippen LogP contribution in [0.5, 0.6) is 5.75 Å². The van der Waals surface area contributed by atoms with Crippen molar-refractivity contribution in [2.45, 2.75) is 52.5 Å². The lowest BCUT2D eigenvalue weighted by Gasteiger charge is -2.27. The summed E-state index contributed by atoms with van der Waals surface area (Å²) in [6.45, 7) is 7.79. The molecule has 24 heavy (non-hydrogen) atoms. The summed E-state index contributed by atoms with van der Waals surface area (Å²) in [7, 11) is 1.73. The topological polar surface area (TPSA) is 37.0 Å². The molecule has 0 fully saturated rings. The highest BCUT2D eigenvalue weighted by atomic mass is 16.5. The largest absolute Gasteiger partial charge is 0.497 e. The van der Waals surface area contributed by atoms with Crippen molar-refractivity contribution >= 4 is 10.9 Å². The smallest absolute Gasteiger partial charge is 0.119 e. The number of H-pyrrole nitrogens is 1. The number of hydrogen-bond donors (Lipinski definition) is 2. The van der Waals surface area contributed by atoms with Crippen molar-refractivity contribution in [1.29, 1.82) is 0 Å². The van der Waals surface area contributed by atoms with Gasteiger partial charge >= 0.3 is 0 Å². The zero-order valence-electron chi connectivity index (χ0n) is 15.4. The van der Waals surface area contributed by atoms with Crippen LogP contribution in [0.1, 0.15) is 57.3 Å². The summed E-state index contributed by atoms with van der Waals surface area (Å²) in [6, 6.07) is 6.79. The summed E-state index contributed by atoms with van der Waals surface area (Å²) in [5, 5.41) is 5.04. The molecule has 0 bridgehead atoms. The van der Waals surface area contributed by atoms with E-state index < -0.39 is 0 Å². The molecule has 2 heterocycles. The Bertz CT molecular complexity index is 725. The van der Waals surface area contributed by atoms with E-state index in [1.165, 1.54) is 47.0 Å². The fraction of sp³-hybridized carbons (Fsp3) is 0.524. The average molecular weight is 326 g/mol. The van der Waals surface area contributed by atoms with Crippen LogP contribution in [0.3, 0.4) is 0 Å². The Morgan fingerprint density at radius 2 is 2.21 bits per heavy atom. The van der Waals surface area contributed by atoms with Gasteiger partial charge < -0.3 is 15.0 Å². The molecule has 1 aliphatic heterocycles. The zero-order valence-corrected chi connectivity index (χ0v) is 15.4. The van der Waals surface area contributed by atoms with E-state index in [9.17, 15) is 0 Å². The lowest BCUT2D eigenvalue weighted by molar-refractivity contribution is 0.378. The number of aromatic nitrogens is 1. The molecule has 0 unspecified atom stereocenters. The summed E-state index contributed by atoms with van der Waals surface area (Å²) in [6.07, 6.45) is 7.07. The Balaban J connectivity index is 1.77. The number of benzene rings is 1. The minimum Gasteiger partial charge on any atom is -0.497 e. The maximum atomic E-state index is 5.40. The highest BCUT2D eigenvalue weighted by molar-refractivity contribution is 5.86. The summed E-state index contributed by atoms with van der Waals surface area (Å²) < 4.78 is 5.40. The number of methoxy groups -OCH3 is 1. The maximum absolute atomic E-state index is 5.40. The van der Waals surface area contributed by atoms with E-state index in [4.69, 9.17) is 4.74 Å². The second-order valence-corrected chi connectivity index (χ2v) is 7.39. The van der Waals surface area contributed by atoms with E-state index >= 15 is 0 Å². The number of aromatic amines is 1. The lowest BCUT2D eigenvalue weighted by atomic mass is 9.90. The summed E-state index contributed by atoms with van der Waals surface area (Å²) in [5.41, 5.74) is 5.51. The van der Waals surface area contributed by atoms with E-state index in [1.54, 1.807) is 7.11 Å². The van der Waals surface area contributed by atoms with Gasteiger partial charge in [0.1, 0.15) is 5.75 Å². The van der Waals surface area contributed by atoms with Gasteiger partial charge in [0, 0.05) is 22.6 Å². The second kappa shape index (κ2) is 7.43. The molecule has 0 saturated carbocycles. The normalized spacial score (nSPS) is 18.2. The van der Waals surface area contributed by atoms with Crippen molar-refractivity contribution in [1.82, 2.24) is 10.3 Å². The molecule has 2 atom stereocenters. The first-order chi connectivity index (χ1) is 11.6. The highest BCUT2D eigenvalue weighted by Gasteiger charge is 2.25. The molecule has 1 aromatic carbocycles. The van der Waals surface area contributed by atoms with Gasteiger partial charge in [0.2, 0.25) is 0 Å². The third kappa shape index (κ3) is 3.67. The molecule has 130 valence electrons.